The van der Waals surface area contributed by atoms with Crippen LogP contribution < -0.4 is 15.9 Å². The molecule has 30 heavy (non-hydrogen) atoms. The minimum absolute atomic E-state index is 0.0431. The molecule has 0 radical (unpaired) electrons. The molecule has 0 aliphatic carbocycles. The molecular weight excluding hydrogens is 416 g/mol. The van der Waals surface area contributed by atoms with Crippen molar-refractivity contribution in [2.24, 2.45) is 0 Å². The van der Waals surface area contributed by atoms with Crippen LogP contribution in [0.2, 0.25) is 5.02 Å². The Balaban J connectivity index is 2.02. The first kappa shape index (κ1) is 19.1. The van der Waals surface area contributed by atoms with Gasteiger partial charge in [-0.05, 0) is 36.8 Å². The number of pyridine rings is 1. The number of hydrogen-bond acceptors (Lipinski definition) is 1. The molecule has 2 aromatic heterocycles. The van der Waals surface area contributed by atoms with Crippen molar-refractivity contribution < 1.29 is 8.96 Å². The smallest absolute Gasteiger partial charge is 0.172 e. The highest BCUT2D eigenvalue weighted by Gasteiger charge is 2.34. The molecule has 0 saturated carbocycles. The predicted octanol–water partition coefficient (Wildman–Crippen LogP) is 5.83. The van der Waals surface area contributed by atoms with E-state index in [0.29, 0.717) is 21.3 Å². The normalized spacial score (nSPS) is 12.0. The summed E-state index contributed by atoms with van der Waals surface area (Å²) in [6.07, 6.45) is 1.92. The molecule has 2 heterocycles. The number of nitrogens with zero attached hydrogens (tertiary/aromatic N) is 1. The summed E-state index contributed by atoms with van der Waals surface area (Å²) < 4.78 is 31.7. The Morgan fingerprint density at radius 1 is 0.833 bits per heavy atom. The monoisotopic (exact) mass is 433 g/mol. The molecule has 5 aromatic rings. The van der Waals surface area contributed by atoms with E-state index < -0.39 is 13.0 Å². The average molecular weight is 434 g/mol. The van der Waals surface area contributed by atoms with Crippen molar-refractivity contribution in [2.45, 2.75) is 6.92 Å². The van der Waals surface area contributed by atoms with Gasteiger partial charge in [-0.2, -0.15) is 0 Å². The van der Waals surface area contributed by atoms with Crippen LogP contribution >= 0.6 is 18.7 Å². The third-order valence-electron chi connectivity index (χ3n) is 5.60. The van der Waals surface area contributed by atoms with E-state index in [2.05, 4.69) is 0 Å². The Bertz CT molecular complexity index is 1400. The van der Waals surface area contributed by atoms with Crippen molar-refractivity contribution in [3.8, 4) is 0 Å². The molecule has 0 spiro atoms. The summed E-state index contributed by atoms with van der Waals surface area (Å²) in [5, 5.41) is 2.73. The van der Waals surface area contributed by atoms with Gasteiger partial charge in [-0.25, -0.2) is 4.39 Å². The van der Waals surface area contributed by atoms with Gasteiger partial charge in [-0.1, -0.05) is 72.3 Å². The van der Waals surface area contributed by atoms with Gasteiger partial charge in [-0.3, -0.25) is 0 Å². The number of fused-ring (bicyclic) bond motifs is 3. The summed E-state index contributed by atoms with van der Waals surface area (Å²) in [7, 11) is -3.30. The SMILES string of the molecule is Cc1c(P(=O)(c2ccccc2)c2ccccc2)c2cc(F)c(Cl)cc2n2cccc12. The lowest BCUT2D eigenvalue weighted by Crippen LogP contribution is -2.28. The zero-order valence-corrected chi connectivity index (χ0v) is 17.9. The van der Waals surface area contributed by atoms with E-state index in [1.807, 2.05) is 90.3 Å². The van der Waals surface area contributed by atoms with Gasteiger partial charge < -0.3 is 8.97 Å². The predicted molar refractivity (Wildman–Crippen MR) is 124 cm³/mol. The maximum absolute atomic E-state index is 15.0. The molecule has 148 valence electrons. The van der Waals surface area contributed by atoms with E-state index in [9.17, 15) is 4.39 Å². The van der Waals surface area contributed by atoms with Crippen molar-refractivity contribution in [3.63, 3.8) is 0 Å². The fourth-order valence-electron chi connectivity index (χ4n) is 4.23. The maximum Gasteiger partial charge on any atom is 0.172 e. The standard InChI is InChI=1S/C25H18ClFNOP/c1-17-23-13-8-14-28(23)24-16-21(26)22(27)15-20(24)25(17)30(29,18-9-4-2-5-10-18)19-11-6-3-7-12-19/h2-16H,1H3. The number of benzene rings is 3. The third-order valence-corrected chi connectivity index (χ3v) is 9.14. The zero-order chi connectivity index (χ0) is 20.9. The quantitative estimate of drug-likeness (QED) is 0.328. The molecular formula is C25H18ClFNOP. The summed E-state index contributed by atoms with van der Waals surface area (Å²) in [6.45, 7) is 1.95. The largest absolute Gasteiger partial charge is 0.316 e. The molecule has 2 nitrogen and oxygen atoms in total. The van der Waals surface area contributed by atoms with Gasteiger partial charge in [0.05, 0.1) is 10.5 Å². The number of rotatable bonds is 3. The Morgan fingerprint density at radius 3 is 2.03 bits per heavy atom. The Hall–Kier alpha value is -2.87. The lowest BCUT2D eigenvalue weighted by Gasteiger charge is -2.25. The first-order valence-corrected chi connectivity index (χ1v) is 11.7. The van der Waals surface area contributed by atoms with Crippen molar-refractivity contribution >= 4 is 51.1 Å². The summed E-state index contributed by atoms with van der Waals surface area (Å²) in [5.74, 6) is -0.524. The van der Waals surface area contributed by atoms with E-state index in [1.54, 1.807) is 6.07 Å². The van der Waals surface area contributed by atoms with E-state index in [1.165, 1.54) is 6.07 Å². The number of halogens is 2. The van der Waals surface area contributed by atoms with E-state index in [0.717, 1.165) is 16.6 Å². The fraction of sp³-hybridized carbons (Fsp3) is 0.0400. The van der Waals surface area contributed by atoms with Crippen LogP contribution in [0.25, 0.3) is 16.4 Å². The Kier molecular flexibility index (Phi) is 4.54. The van der Waals surface area contributed by atoms with Crippen LogP contribution in [0.4, 0.5) is 4.39 Å². The van der Waals surface area contributed by atoms with Crippen LogP contribution in [0.15, 0.2) is 91.1 Å². The lowest BCUT2D eigenvalue weighted by atomic mass is 10.1. The van der Waals surface area contributed by atoms with Gasteiger partial charge >= 0.3 is 0 Å². The Labute approximate surface area is 178 Å². The fourth-order valence-corrected chi connectivity index (χ4v) is 7.50. The van der Waals surface area contributed by atoms with E-state index in [4.69, 9.17) is 11.6 Å². The molecule has 0 atom stereocenters. The van der Waals surface area contributed by atoms with Gasteiger partial charge in [0.15, 0.2) is 7.14 Å². The minimum Gasteiger partial charge on any atom is -0.316 e. The van der Waals surface area contributed by atoms with Gasteiger partial charge in [0.1, 0.15) is 5.82 Å². The second kappa shape index (κ2) is 7.12. The molecule has 0 bridgehead atoms. The molecule has 5 heteroatoms. The minimum atomic E-state index is -3.30. The van der Waals surface area contributed by atoms with Crippen molar-refractivity contribution in [1.82, 2.24) is 4.40 Å². The van der Waals surface area contributed by atoms with Gasteiger partial charge in [0.25, 0.3) is 0 Å². The first-order chi connectivity index (χ1) is 14.5. The highest BCUT2D eigenvalue weighted by molar-refractivity contribution is 7.85. The molecule has 5 rings (SSSR count). The van der Waals surface area contributed by atoms with Crippen LogP contribution in [-0.4, -0.2) is 4.40 Å². The highest BCUT2D eigenvalue weighted by atomic mass is 35.5. The molecule has 0 fully saturated rings. The summed E-state index contributed by atoms with van der Waals surface area (Å²) in [6, 6.07) is 25.8. The molecule has 0 amide bonds. The van der Waals surface area contributed by atoms with Gasteiger partial charge in [0.2, 0.25) is 0 Å². The van der Waals surface area contributed by atoms with E-state index >= 15 is 4.57 Å². The average Bonchev–Trinajstić information content (AvgIpc) is 3.27. The molecule has 0 N–H and O–H groups in total. The maximum atomic E-state index is 15.0. The number of aryl methyl sites for hydroxylation is 1. The zero-order valence-electron chi connectivity index (χ0n) is 16.2. The number of hydrogen-bond donors (Lipinski definition) is 0. The second-order valence-corrected chi connectivity index (χ2v) is 10.4. The van der Waals surface area contributed by atoms with Crippen LogP contribution in [0, 0.1) is 12.7 Å². The molecule has 0 unspecified atom stereocenters. The van der Waals surface area contributed by atoms with Crippen molar-refractivity contribution in [3.05, 3.63) is 108 Å². The van der Waals surface area contributed by atoms with Crippen LogP contribution in [0.5, 0.6) is 0 Å². The molecule has 0 saturated heterocycles. The number of aromatic nitrogens is 1. The second-order valence-electron chi connectivity index (χ2n) is 7.30. The Morgan fingerprint density at radius 2 is 1.43 bits per heavy atom. The van der Waals surface area contributed by atoms with Crippen molar-refractivity contribution in [2.75, 3.05) is 0 Å². The molecule has 0 aliphatic rings. The highest BCUT2D eigenvalue weighted by Crippen LogP contribution is 2.46. The van der Waals surface area contributed by atoms with Crippen LogP contribution in [-0.2, 0) is 4.57 Å². The van der Waals surface area contributed by atoms with Gasteiger partial charge in [-0.15, -0.1) is 0 Å². The van der Waals surface area contributed by atoms with Gasteiger partial charge in [0, 0.05) is 33.0 Å². The van der Waals surface area contributed by atoms with E-state index in [-0.39, 0.29) is 5.02 Å². The molecule has 3 aromatic carbocycles. The topological polar surface area (TPSA) is 21.5 Å². The lowest BCUT2D eigenvalue weighted by molar-refractivity contribution is 0.592. The first-order valence-electron chi connectivity index (χ1n) is 9.62. The van der Waals surface area contributed by atoms with Crippen LogP contribution in [0.1, 0.15) is 5.56 Å². The third kappa shape index (κ3) is 2.74. The van der Waals surface area contributed by atoms with Crippen LogP contribution in [0.3, 0.4) is 0 Å². The summed E-state index contributed by atoms with van der Waals surface area (Å²) in [5.41, 5.74) is 2.52. The summed E-state index contributed by atoms with van der Waals surface area (Å²) >= 11 is 6.14. The summed E-state index contributed by atoms with van der Waals surface area (Å²) in [4.78, 5) is 0. The molecule has 0 aliphatic heterocycles. The van der Waals surface area contributed by atoms with Crippen molar-refractivity contribution in [1.29, 1.82) is 0 Å².